The van der Waals surface area contributed by atoms with E-state index >= 15 is 0 Å². The van der Waals surface area contributed by atoms with Gasteiger partial charge in [-0.2, -0.15) is 13.2 Å². The molecule has 1 heterocycles. The molecule has 0 bridgehead atoms. The van der Waals surface area contributed by atoms with Gasteiger partial charge in [0, 0.05) is 6.54 Å². The van der Waals surface area contributed by atoms with E-state index in [4.69, 9.17) is 4.74 Å². The molecule has 0 radical (unpaired) electrons. The van der Waals surface area contributed by atoms with Gasteiger partial charge in [-0.05, 0) is 45.4 Å². The third kappa shape index (κ3) is 7.67. The molecule has 0 aromatic heterocycles. The molecule has 32 heavy (non-hydrogen) atoms. The molecule has 1 rings (SSSR count). The van der Waals surface area contributed by atoms with Crippen molar-refractivity contribution in [3.63, 3.8) is 0 Å². The molecule has 11 heteroatoms. The first kappa shape index (κ1) is 27.7. The molecule has 1 aliphatic heterocycles. The number of likely N-dealkylation sites (tertiary alicyclic amines) is 1. The monoisotopic (exact) mass is 465 g/mol. The summed E-state index contributed by atoms with van der Waals surface area (Å²) in [7, 11) is 0. The molecule has 3 amide bonds. The first-order chi connectivity index (χ1) is 14.5. The van der Waals surface area contributed by atoms with E-state index in [1.807, 2.05) is 0 Å². The van der Waals surface area contributed by atoms with Crippen molar-refractivity contribution in [3.8, 4) is 0 Å². The summed E-state index contributed by atoms with van der Waals surface area (Å²) in [6.45, 7) is 11.4. The zero-order valence-electron chi connectivity index (χ0n) is 19.6. The van der Waals surface area contributed by atoms with Crippen LogP contribution in [-0.4, -0.2) is 65.0 Å². The fraction of sp³-hybridized carbons (Fsp3) is 0.810. The van der Waals surface area contributed by atoms with Crippen molar-refractivity contribution in [2.45, 2.75) is 91.2 Å². The number of Topliss-reactive ketones (excluding diaryl/α,β-unsaturated/α-hetero) is 1. The minimum absolute atomic E-state index is 0.204. The summed E-state index contributed by atoms with van der Waals surface area (Å²) in [4.78, 5) is 51.1. The molecular weight excluding hydrogens is 431 g/mol. The van der Waals surface area contributed by atoms with Crippen LogP contribution in [0.2, 0.25) is 0 Å². The highest BCUT2D eigenvalue weighted by molar-refractivity contribution is 5.96. The summed E-state index contributed by atoms with van der Waals surface area (Å²) in [6, 6.07) is -3.77. The lowest BCUT2D eigenvalue weighted by molar-refractivity contribution is -0.175. The van der Waals surface area contributed by atoms with Crippen molar-refractivity contribution in [3.05, 3.63) is 0 Å². The van der Waals surface area contributed by atoms with E-state index in [0.29, 0.717) is 6.42 Å². The fourth-order valence-electron chi connectivity index (χ4n) is 3.39. The number of amides is 3. The Bertz CT molecular complexity index is 716. The maximum absolute atomic E-state index is 13.1. The van der Waals surface area contributed by atoms with Gasteiger partial charge in [0.2, 0.25) is 11.8 Å². The van der Waals surface area contributed by atoms with E-state index in [1.165, 1.54) is 18.7 Å². The molecule has 2 N–H and O–H groups in total. The van der Waals surface area contributed by atoms with Gasteiger partial charge in [0.1, 0.15) is 17.7 Å². The minimum atomic E-state index is -5.09. The van der Waals surface area contributed by atoms with Crippen LogP contribution in [-0.2, 0) is 19.1 Å². The fourth-order valence-corrected chi connectivity index (χ4v) is 3.39. The molecule has 1 fully saturated rings. The van der Waals surface area contributed by atoms with Crippen molar-refractivity contribution >= 4 is 23.7 Å². The van der Waals surface area contributed by atoms with E-state index in [0.717, 1.165) is 0 Å². The molecule has 1 unspecified atom stereocenters. The molecule has 0 saturated carbocycles. The van der Waals surface area contributed by atoms with Crippen LogP contribution in [0.25, 0.3) is 0 Å². The number of nitrogens with zero attached hydrogens (tertiary/aromatic N) is 1. The van der Waals surface area contributed by atoms with Gasteiger partial charge in [0.15, 0.2) is 0 Å². The van der Waals surface area contributed by atoms with Gasteiger partial charge in [0.25, 0.3) is 5.78 Å². The lowest BCUT2D eigenvalue weighted by Crippen LogP contribution is -2.58. The van der Waals surface area contributed by atoms with Crippen molar-refractivity contribution in [2.75, 3.05) is 6.54 Å². The number of carbonyl (C=O) groups is 4. The van der Waals surface area contributed by atoms with Crippen molar-refractivity contribution in [1.29, 1.82) is 0 Å². The van der Waals surface area contributed by atoms with Crippen LogP contribution in [0.3, 0.4) is 0 Å². The van der Waals surface area contributed by atoms with Gasteiger partial charge in [0.05, 0.1) is 6.04 Å². The van der Waals surface area contributed by atoms with Crippen molar-refractivity contribution in [1.82, 2.24) is 15.5 Å². The highest BCUT2D eigenvalue weighted by Gasteiger charge is 2.46. The number of carbonyl (C=O) groups excluding carboxylic acids is 4. The summed E-state index contributed by atoms with van der Waals surface area (Å²) < 4.78 is 43.9. The van der Waals surface area contributed by atoms with Crippen LogP contribution in [0.5, 0.6) is 0 Å². The lowest BCUT2D eigenvalue weighted by Gasteiger charge is -2.32. The van der Waals surface area contributed by atoms with E-state index in [-0.39, 0.29) is 18.9 Å². The molecule has 184 valence electrons. The third-order valence-electron chi connectivity index (χ3n) is 4.97. The third-order valence-corrected chi connectivity index (χ3v) is 4.97. The zero-order chi connectivity index (χ0) is 25.0. The Hall–Kier alpha value is -2.33. The van der Waals surface area contributed by atoms with E-state index in [9.17, 15) is 32.3 Å². The van der Waals surface area contributed by atoms with Crippen molar-refractivity contribution in [2.24, 2.45) is 11.8 Å². The molecule has 0 aromatic carbocycles. The van der Waals surface area contributed by atoms with E-state index < -0.39 is 59.5 Å². The van der Waals surface area contributed by atoms with E-state index in [2.05, 4.69) is 10.6 Å². The van der Waals surface area contributed by atoms with Gasteiger partial charge >= 0.3 is 12.3 Å². The second-order valence-corrected chi connectivity index (χ2v) is 9.65. The lowest BCUT2D eigenvalue weighted by atomic mass is 9.98. The second kappa shape index (κ2) is 10.5. The van der Waals surface area contributed by atoms with E-state index in [1.54, 1.807) is 34.6 Å². The summed E-state index contributed by atoms with van der Waals surface area (Å²) in [5.41, 5.74) is -0.776. The van der Waals surface area contributed by atoms with Gasteiger partial charge in [-0.25, -0.2) is 4.79 Å². The van der Waals surface area contributed by atoms with Gasteiger partial charge in [-0.3, -0.25) is 14.4 Å². The van der Waals surface area contributed by atoms with Crippen LogP contribution in [0, 0.1) is 11.8 Å². The Labute approximate surface area is 186 Å². The van der Waals surface area contributed by atoms with Crippen LogP contribution in [0.1, 0.15) is 61.3 Å². The summed E-state index contributed by atoms with van der Waals surface area (Å²) in [5, 5.41) is 4.69. The number of nitrogens with one attached hydrogen (secondary N) is 2. The molecule has 0 spiro atoms. The Morgan fingerprint density at radius 3 is 1.91 bits per heavy atom. The Balaban J connectivity index is 2.99. The molecular formula is C21H34F3N3O5. The van der Waals surface area contributed by atoms with Crippen LogP contribution in [0.4, 0.5) is 18.0 Å². The average Bonchev–Trinajstić information content (AvgIpc) is 3.10. The topological polar surface area (TPSA) is 105 Å². The number of alkyl halides is 3. The molecule has 8 nitrogen and oxygen atoms in total. The number of ketones is 1. The standard InChI is InChI=1S/C21H34F3N3O5/c1-11(2)14(16(28)21(22,23)24)25-17(29)13-9-8-10-27(13)18(30)15(12(3)4)26-19(31)32-20(5,6)7/h11-15H,8-10H2,1-7H3,(H,25,29)(H,26,31)/t13-,14?,15+/m1/s1. The second-order valence-electron chi connectivity index (χ2n) is 9.65. The molecule has 0 aromatic rings. The smallest absolute Gasteiger partial charge is 0.444 e. The summed E-state index contributed by atoms with van der Waals surface area (Å²) in [6.07, 6.45) is -5.19. The Morgan fingerprint density at radius 1 is 0.938 bits per heavy atom. The first-order valence-corrected chi connectivity index (χ1v) is 10.7. The quantitative estimate of drug-likeness (QED) is 0.602. The van der Waals surface area contributed by atoms with Crippen LogP contribution in [0.15, 0.2) is 0 Å². The average molecular weight is 466 g/mol. The highest BCUT2D eigenvalue weighted by atomic mass is 19.4. The highest BCUT2D eigenvalue weighted by Crippen LogP contribution is 2.24. The normalized spacial score (nSPS) is 19.0. The van der Waals surface area contributed by atoms with Crippen LogP contribution < -0.4 is 10.6 Å². The molecule has 3 atom stereocenters. The number of halogens is 3. The largest absolute Gasteiger partial charge is 0.452 e. The van der Waals surface area contributed by atoms with Crippen LogP contribution >= 0.6 is 0 Å². The van der Waals surface area contributed by atoms with Gasteiger partial charge in [-0.1, -0.05) is 27.7 Å². The number of ether oxygens (including phenoxy) is 1. The minimum Gasteiger partial charge on any atom is -0.444 e. The predicted octanol–water partition coefficient (Wildman–Crippen LogP) is 2.80. The molecule has 1 saturated heterocycles. The molecule has 1 aliphatic rings. The number of rotatable bonds is 7. The SMILES string of the molecule is CC(C)C(NC(=O)[C@H]1CCCN1C(=O)[C@@H](NC(=O)OC(C)(C)C)C(C)C)C(=O)C(F)(F)F. The Morgan fingerprint density at radius 2 is 1.47 bits per heavy atom. The number of alkyl carbamates (subject to hydrolysis) is 1. The predicted molar refractivity (Wildman–Crippen MR) is 111 cm³/mol. The van der Waals surface area contributed by atoms with Crippen molar-refractivity contribution < 1.29 is 37.1 Å². The Kier molecular flexibility index (Phi) is 9.11. The number of hydrogen-bond acceptors (Lipinski definition) is 5. The number of hydrogen-bond donors (Lipinski definition) is 2. The van der Waals surface area contributed by atoms with Gasteiger partial charge in [-0.15, -0.1) is 0 Å². The van der Waals surface area contributed by atoms with Gasteiger partial charge < -0.3 is 20.3 Å². The maximum Gasteiger partial charge on any atom is 0.452 e. The first-order valence-electron chi connectivity index (χ1n) is 10.7. The zero-order valence-corrected chi connectivity index (χ0v) is 19.6. The maximum atomic E-state index is 13.1. The summed E-state index contributed by atoms with van der Waals surface area (Å²) >= 11 is 0. The molecule has 0 aliphatic carbocycles. The summed E-state index contributed by atoms with van der Waals surface area (Å²) in [5.74, 6) is -4.53.